The Morgan fingerprint density at radius 1 is 1.40 bits per heavy atom. The van der Waals surface area contributed by atoms with Crippen molar-refractivity contribution in [1.82, 2.24) is 5.32 Å². The summed E-state index contributed by atoms with van der Waals surface area (Å²) in [7, 11) is 0. The van der Waals surface area contributed by atoms with E-state index in [-0.39, 0.29) is 0 Å². The zero-order valence-electron chi connectivity index (χ0n) is 12.8. The van der Waals surface area contributed by atoms with Gasteiger partial charge in [0.2, 0.25) is 0 Å². The molecule has 1 N–H and O–H groups in total. The molecule has 110 valence electrons. The Kier molecular flexibility index (Phi) is 3.88. The molecule has 1 heterocycles. The summed E-state index contributed by atoms with van der Waals surface area (Å²) >= 11 is 0. The van der Waals surface area contributed by atoms with Crippen LogP contribution in [-0.4, -0.2) is 19.3 Å². The van der Waals surface area contributed by atoms with Gasteiger partial charge in [0.1, 0.15) is 17.6 Å². The maximum atomic E-state index is 6.10. The third-order valence-corrected chi connectivity index (χ3v) is 4.26. The molecule has 0 fully saturated rings. The Labute approximate surface area is 121 Å². The predicted molar refractivity (Wildman–Crippen MR) is 80.8 cm³/mol. The number of benzene rings is 1. The Hall–Kier alpha value is -1.22. The number of ether oxygens (including phenoxy) is 2. The minimum Gasteiger partial charge on any atom is -0.494 e. The molecule has 1 aromatic rings. The Morgan fingerprint density at radius 2 is 2.25 bits per heavy atom. The van der Waals surface area contributed by atoms with E-state index in [2.05, 4.69) is 32.2 Å². The van der Waals surface area contributed by atoms with Gasteiger partial charge in [-0.1, -0.05) is 6.92 Å². The lowest BCUT2D eigenvalue weighted by atomic mass is 10.00. The van der Waals surface area contributed by atoms with Crippen molar-refractivity contribution >= 4 is 0 Å². The molecule has 0 radical (unpaired) electrons. The van der Waals surface area contributed by atoms with Crippen molar-refractivity contribution in [1.29, 1.82) is 0 Å². The SMILES string of the molecule is CCCNC1CCc2c(OCC)cc3c(c21)OC(C)C3. The first-order valence-corrected chi connectivity index (χ1v) is 7.96. The maximum absolute atomic E-state index is 6.10. The molecule has 2 aliphatic rings. The normalized spacial score (nSPS) is 23.4. The van der Waals surface area contributed by atoms with Crippen molar-refractivity contribution < 1.29 is 9.47 Å². The van der Waals surface area contributed by atoms with Crippen LogP contribution >= 0.6 is 0 Å². The van der Waals surface area contributed by atoms with E-state index in [1.54, 1.807) is 0 Å². The molecule has 20 heavy (non-hydrogen) atoms. The zero-order chi connectivity index (χ0) is 14.1. The third-order valence-electron chi connectivity index (χ3n) is 4.26. The highest BCUT2D eigenvalue weighted by Gasteiger charge is 2.34. The number of rotatable bonds is 5. The van der Waals surface area contributed by atoms with Gasteiger partial charge in [-0.2, -0.15) is 0 Å². The topological polar surface area (TPSA) is 30.5 Å². The number of nitrogens with one attached hydrogen (secondary N) is 1. The van der Waals surface area contributed by atoms with E-state index in [0.717, 1.165) is 50.3 Å². The minimum atomic E-state index is 0.290. The summed E-state index contributed by atoms with van der Waals surface area (Å²) in [5.41, 5.74) is 4.07. The van der Waals surface area contributed by atoms with E-state index in [0.29, 0.717) is 12.1 Å². The number of hydrogen-bond acceptors (Lipinski definition) is 3. The molecule has 2 atom stereocenters. The van der Waals surface area contributed by atoms with Crippen molar-refractivity contribution in [3.8, 4) is 11.5 Å². The molecule has 0 amide bonds. The molecule has 1 aliphatic heterocycles. The Morgan fingerprint density at radius 3 is 3.00 bits per heavy atom. The van der Waals surface area contributed by atoms with Crippen LogP contribution in [0.2, 0.25) is 0 Å². The van der Waals surface area contributed by atoms with Crippen LogP contribution in [0.4, 0.5) is 0 Å². The lowest BCUT2D eigenvalue weighted by molar-refractivity contribution is 0.250. The summed E-state index contributed by atoms with van der Waals surface area (Å²) in [4.78, 5) is 0. The van der Waals surface area contributed by atoms with Gasteiger partial charge in [0.25, 0.3) is 0 Å². The molecule has 0 spiro atoms. The van der Waals surface area contributed by atoms with E-state index in [1.165, 1.54) is 16.7 Å². The number of hydrogen-bond donors (Lipinski definition) is 1. The lowest BCUT2D eigenvalue weighted by Gasteiger charge is -2.18. The molecule has 0 saturated carbocycles. The van der Waals surface area contributed by atoms with Gasteiger partial charge >= 0.3 is 0 Å². The fourth-order valence-corrected chi connectivity index (χ4v) is 3.46. The van der Waals surface area contributed by atoms with Gasteiger partial charge < -0.3 is 14.8 Å². The second-order valence-electron chi connectivity index (χ2n) is 5.87. The third kappa shape index (κ3) is 2.28. The van der Waals surface area contributed by atoms with Crippen LogP contribution in [-0.2, 0) is 12.8 Å². The largest absolute Gasteiger partial charge is 0.494 e. The van der Waals surface area contributed by atoms with Crippen LogP contribution in [0.15, 0.2) is 6.07 Å². The standard InChI is InChI=1S/C17H25NO2/c1-4-8-18-14-7-6-13-15(19-5-2)10-12-9-11(3)20-17(12)16(13)14/h10-11,14,18H,4-9H2,1-3H3. The van der Waals surface area contributed by atoms with Gasteiger partial charge in [-0.25, -0.2) is 0 Å². The summed E-state index contributed by atoms with van der Waals surface area (Å²) in [5, 5.41) is 3.67. The van der Waals surface area contributed by atoms with Crippen molar-refractivity contribution in [3.63, 3.8) is 0 Å². The molecular formula is C17H25NO2. The highest BCUT2D eigenvalue weighted by Crippen LogP contribution is 2.47. The molecule has 3 heteroatoms. The zero-order valence-corrected chi connectivity index (χ0v) is 12.8. The van der Waals surface area contributed by atoms with Crippen LogP contribution in [0.5, 0.6) is 11.5 Å². The molecule has 2 unspecified atom stereocenters. The second kappa shape index (κ2) is 5.65. The molecule has 0 bridgehead atoms. The van der Waals surface area contributed by atoms with Crippen LogP contribution in [0, 0.1) is 0 Å². The van der Waals surface area contributed by atoms with E-state index in [1.807, 2.05) is 0 Å². The molecule has 3 nitrogen and oxygen atoms in total. The molecule has 0 aromatic heterocycles. The van der Waals surface area contributed by atoms with Gasteiger partial charge in [-0.3, -0.25) is 0 Å². The first kappa shape index (κ1) is 13.7. The first-order chi connectivity index (χ1) is 9.74. The first-order valence-electron chi connectivity index (χ1n) is 7.96. The summed E-state index contributed by atoms with van der Waals surface area (Å²) in [6.45, 7) is 8.21. The van der Waals surface area contributed by atoms with Crippen LogP contribution < -0.4 is 14.8 Å². The van der Waals surface area contributed by atoms with E-state index in [9.17, 15) is 0 Å². The van der Waals surface area contributed by atoms with E-state index in [4.69, 9.17) is 9.47 Å². The van der Waals surface area contributed by atoms with Crippen molar-refractivity contribution in [2.24, 2.45) is 0 Å². The van der Waals surface area contributed by atoms with Crippen LogP contribution in [0.1, 0.15) is 56.3 Å². The van der Waals surface area contributed by atoms with E-state index < -0.39 is 0 Å². The lowest BCUT2D eigenvalue weighted by Crippen LogP contribution is -2.20. The monoisotopic (exact) mass is 275 g/mol. The Balaban J connectivity index is 2.01. The minimum absolute atomic E-state index is 0.290. The van der Waals surface area contributed by atoms with Gasteiger partial charge in [-0.05, 0) is 45.7 Å². The summed E-state index contributed by atoms with van der Waals surface area (Å²) < 4.78 is 12.0. The Bertz CT molecular complexity index is 498. The average molecular weight is 275 g/mol. The number of fused-ring (bicyclic) bond motifs is 3. The van der Waals surface area contributed by atoms with Crippen LogP contribution in [0.25, 0.3) is 0 Å². The van der Waals surface area contributed by atoms with Crippen LogP contribution in [0.3, 0.4) is 0 Å². The predicted octanol–water partition coefficient (Wildman–Crippen LogP) is 3.40. The van der Waals surface area contributed by atoms with E-state index >= 15 is 0 Å². The van der Waals surface area contributed by atoms with Crippen molar-refractivity contribution in [3.05, 3.63) is 22.8 Å². The second-order valence-corrected chi connectivity index (χ2v) is 5.87. The average Bonchev–Trinajstić information content (AvgIpc) is 2.99. The molecule has 1 aliphatic carbocycles. The smallest absolute Gasteiger partial charge is 0.128 e. The highest BCUT2D eigenvalue weighted by molar-refractivity contribution is 5.59. The van der Waals surface area contributed by atoms with Gasteiger partial charge in [0.15, 0.2) is 0 Å². The highest BCUT2D eigenvalue weighted by atomic mass is 16.5. The van der Waals surface area contributed by atoms with Gasteiger partial charge in [0.05, 0.1) is 6.61 Å². The van der Waals surface area contributed by atoms with Gasteiger partial charge in [-0.15, -0.1) is 0 Å². The quantitative estimate of drug-likeness (QED) is 0.893. The molecular weight excluding hydrogens is 250 g/mol. The fraction of sp³-hybridized carbons (Fsp3) is 0.647. The summed E-state index contributed by atoms with van der Waals surface area (Å²) in [5.74, 6) is 2.22. The molecule has 1 aromatic carbocycles. The van der Waals surface area contributed by atoms with Crippen molar-refractivity contribution in [2.75, 3.05) is 13.2 Å². The molecule has 0 saturated heterocycles. The summed E-state index contributed by atoms with van der Waals surface area (Å²) in [6, 6.07) is 2.65. The maximum Gasteiger partial charge on any atom is 0.128 e. The summed E-state index contributed by atoms with van der Waals surface area (Å²) in [6.07, 6.45) is 4.71. The fourth-order valence-electron chi connectivity index (χ4n) is 3.46. The molecule has 3 rings (SSSR count). The van der Waals surface area contributed by atoms with Crippen molar-refractivity contribution in [2.45, 2.75) is 58.6 Å². The van der Waals surface area contributed by atoms with Gasteiger partial charge in [0, 0.05) is 29.2 Å².